The van der Waals surface area contributed by atoms with Crippen LogP contribution < -0.4 is 10.6 Å². The molecule has 1 aliphatic rings. The Hall–Kier alpha value is -1.84. The maximum absolute atomic E-state index is 11.7. The van der Waals surface area contributed by atoms with Crippen molar-refractivity contribution in [2.75, 3.05) is 13.1 Å². The molecule has 4 heteroatoms. The van der Waals surface area contributed by atoms with Crippen LogP contribution in [-0.2, 0) is 16.0 Å². The van der Waals surface area contributed by atoms with Gasteiger partial charge in [0.05, 0.1) is 6.42 Å². The lowest BCUT2D eigenvalue weighted by Gasteiger charge is -2.08. The van der Waals surface area contributed by atoms with Gasteiger partial charge in [-0.05, 0) is 30.9 Å². The molecule has 2 amide bonds. The van der Waals surface area contributed by atoms with Crippen molar-refractivity contribution in [1.82, 2.24) is 10.6 Å². The minimum Gasteiger partial charge on any atom is -0.354 e. The molecule has 1 aromatic rings. The molecule has 0 aliphatic heterocycles. The van der Waals surface area contributed by atoms with Crippen molar-refractivity contribution < 1.29 is 9.59 Å². The van der Waals surface area contributed by atoms with E-state index in [1.807, 2.05) is 31.2 Å². The number of aryl methyl sites for hydroxylation is 1. The molecule has 102 valence electrons. The van der Waals surface area contributed by atoms with Gasteiger partial charge in [-0.1, -0.05) is 24.3 Å². The third-order valence-electron chi connectivity index (χ3n) is 3.31. The molecule has 19 heavy (non-hydrogen) atoms. The molecule has 2 N–H and O–H groups in total. The number of benzene rings is 1. The van der Waals surface area contributed by atoms with Crippen molar-refractivity contribution in [3.05, 3.63) is 35.4 Å². The molecule has 0 atom stereocenters. The smallest absolute Gasteiger partial charge is 0.224 e. The highest BCUT2D eigenvalue weighted by Gasteiger charge is 2.28. The van der Waals surface area contributed by atoms with Gasteiger partial charge in [-0.3, -0.25) is 9.59 Å². The Bertz CT molecular complexity index is 467. The van der Waals surface area contributed by atoms with E-state index in [1.165, 1.54) is 0 Å². The quantitative estimate of drug-likeness (QED) is 0.755. The predicted molar refractivity (Wildman–Crippen MR) is 73.6 cm³/mol. The van der Waals surface area contributed by atoms with E-state index in [4.69, 9.17) is 0 Å². The van der Waals surface area contributed by atoms with Crippen LogP contribution in [0.25, 0.3) is 0 Å². The summed E-state index contributed by atoms with van der Waals surface area (Å²) in [5.41, 5.74) is 2.17. The van der Waals surface area contributed by atoms with E-state index in [-0.39, 0.29) is 17.7 Å². The van der Waals surface area contributed by atoms with Crippen molar-refractivity contribution in [3.8, 4) is 0 Å². The molecule has 1 fully saturated rings. The van der Waals surface area contributed by atoms with Crippen molar-refractivity contribution in [2.24, 2.45) is 5.92 Å². The van der Waals surface area contributed by atoms with E-state index in [0.717, 1.165) is 24.0 Å². The molecule has 1 aromatic carbocycles. The molecule has 1 aliphatic carbocycles. The second-order valence-corrected chi connectivity index (χ2v) is 5.02. The number of carbonyl (C=O) groups excluding carboxylic acids is 2. The number of nitrogens with one attached hydrogen (secondary N) is 2. The van der Waals surface area contributed by atoms with Gasteiger partial charge >= 0.3 is 0 Å². The third kappa shape index (κ3) is 4.39. The Kier molecular flexibility index (Phi) is 4.55. The van der Waals surface area contributed by atoms with Gasteiger partial charge in [-0.2, -0.15) is 0 Å². The van der Waals surface area contributed by atoms with Crippen molar-refractivity contribution >= 4 is 11.8 Å². The second kappa shape index (κ2) is 6.36. The number of hydrogen-bond acceptors (Lipinski definition) is 2. The van der Waals surface area contributed by atoms with E-state index in [2.05, 4.69) is 10.6 Å². The van der Waals surface area contributed by atoms with Crippen LogP contribution in [0.2, 0.25) is 0 Å². The molecular weight excluding hydrogens is 240 g/mol. The van der Waals surface area contributed by atoms with Crippen LogP contribution in [0.15, 0.2) is 24.3 Å². The van der Waals surface area contributed by atoms with Crippen LogP contribution in [-0.4, -0.2) is 24.9 Å². The average Bonchev–Trinajstić information content (AvgIpc) is 3.21. The molecule has 0 saturated heterocycles. The molecule has 0 heterocycles. The van der Waals surface area contributed by atoms with Crippen LogP contribution in [0.5, 0.6) is 0 Å². The maximum atomic E-state index is 11.7. The number of amides is 2. The zero-order valence-corrected chi connectivity index (χ0v) is 11.2. The lowest BCUT2D eigenvalue weighted by Crippen LogP contribution is -2.35. The predicted octanol–water partition coefficient (Wildman–Crippen LogP) is 1.18. The van der Waals surface area contributed by atoms with Gasteiger partial charge in [0, 0.05) is 19.0 Å². The Morgan fingerprint density at radius 1 is 1.16 bits per heavy atom. The monoisotopic (exact) mass is 260 g/mol. The van der Waals surface area contributed by atoms with Crippen molar-refractivity contribution in [3.63, 3.8) is 0 Å². The molecule has 2 rings (SSSR count). The summed E-state index contributed by atoms with van der Waals surface area (Å²) >= 11 is 0. The minimum absolute atomic E-state index is 0.00466. The second-order valence-electron chi connectivity index (χ2n) is 5.02. The molecule has 0 radical (unpaired) electrons. The minimum atomic E-state index is -0.00466. The van der Waals surface area contributed by atoms with Gasteiger partial charge in [0.1, 0.15) is 0 Å². The van der Waals surface area contributed by atoms with E-state index in [0.29, 0.717) is 19.5 Å². The molecule has 1 saturated carbocycles. The zero-order valence-electron chi connectivity index (χ0n) is 11.2. The summed E-state index contributed by atoms with van der Waals surface area (Å²) in [6, 6.07) is 7.86. The third-order valence-corrected chi connectivity index (χ3v) is 3.31. The largest absolute Gasteiger partial charge is 0.354 e. The normalized spacial score (nSPS) is 13.9. The van der Waals surface area contributed by atoms with Crippen molar-refractivity contribution in [1.29, 1.82) is 0 Å². The first-order chi connectivity index (χ1) is 9.16. The van der Waals surface area contributed by atoms with Crippen LogP contribution in [0.1, 0.15) is 24.0 Å². The highest BCUT2D eigenvalue weighted by Crippen LogP contribution is 2.28. The standard InChI is InChI=1S/C15H20N2O2/c1-11-4-2-3-5-13(11)10-14(18)16-8-9-17-15(19)12-6-7-12/h2-5,12H,6-10H2,1H3,(H,16,18)(H,17,19). The van der Waals surface area contributed by atoms with Crippen LogP contribution in [0, 0.1) is 12.8 Å². The Balaban J connectivity index is 1.64. The number of carbonyl (C=O) groups is 2. The summed E-state index contributed by atoms with van der Waals surface area (Å²) < 4.78 is 0. The fourth-order valence-electron chi connectivity index (χ4n) is 1.92. The molecule has 0 bridgehead atoms. The van der Waals surface area contributed by atoms with Gasteiger partial charge in [0.2, 0.25) is 11.8 Å². The van der Waals surface area contributed by atoms with Crippen LogP contribution >= 0.6 is 0 Å². The Morgan fingerprint density at radius 3 is 2.53 bits per heavy atom. The van der Waals surface area contributed by atoms with Crippen molar-refractivity contribution in [2.45, 2.75) is 26.2 Å². The average molecular weight is 260 g/mol. The fourth-order valence-corrected chi connectivity index (χ4v) is 1.92. The Labute approximate surface area is 113 Å². The molecular formula is C15H20N2O2. The first kappa shape index (κ1) is 13.6. The maximum Gasteiger partial charge on any atom is 0.224 e. The summed E-state index contributed by atoms with van der Waals surface area (Å²) in [6.45, 7) is 3.00. The van der Waals surface area contributed by atoms with Gasteiger partial charge in [0.25, 0.3) is 0 Å². The number of hydrogen-bond donors (Lipinski definition) is 2. The molecule has 4 nitrogen and oxygen atoms in total. The first-order valence-corrected chi connectivity index (χ1v) is 6.75. The van der Waals surface area contributed by atoms with Gasteiger partial charge in [0.15, 0.2) is 0 Å². The van der Waals surface area contributed by atoms with E-state index >= 15 is 0 Å². The summed E-state index contributed by atoms with van der Waals surface area (Å²) in [4.78, 5) is 23.1. The van der Waals surface area contributed by atoms with Gasteiger partial charge in [-0.15, -0.1) is 0 Å². The topological polar surface area (TPSA) is 58.2 Å². The van der Waals surface area contributed by atoms with Crippen LogP contribution in [0.3, 0.4) is 0 Å². The lowest BCUT2D eigenvalue weighted by molar-refractivity contribution is -0.123. The lowest BCUT2D eigenvalue weighted by atomic mass is 10.1. The van der Waals surface area contributed by atoms with E-state index in [9.17, 15) is 9.59 Å². The zero-order chi connectivity index (χ0) is 13.7. The Morgan fingerprint density at radius 2 is 1.84 bits per heavy atom. The molecule has 0 unspecified atom stereocenters. The highest BCUT2D eigenvalue weighted by atomic mass is 16.2. The summed E-state index contributed by atoms with van der Waals surface area (Å²) in [6.07, 6.45) is 2.40. The van der Waals surface area contributed by atoms with E-state index < -0.39 is 0 Å². The van der Waals surface area contributed by atoms with Crippen LogP contribution in [0.4, 0.5) is 0 Å². The number of rotatable bonds is 6. The first-order valence-electron chi connectivity index (χ1n) is 6.75. The SMILES string of the molecule is Cc1ccccc1CC(=O)NCCNC(=O)C1CC1. The molecule has 0 aromatic heterocycles. The molecule has 0 spiro atoms. The summed E-state index contributed by atoms with van der Waals surface area (Å²) in [5.74, 6) is 0.339. The van der Waals surface area contributed by atoms with Gasteiger partial charge in [-0.25, -0.2) is 0 Å². The fraction of sp³-hybridized carbons (Fsp3) is 0.467. The summed E-state index contributed by atoms with van der Waals surface area (Å²) in [7, 11) is 0. The van der Waals surface area contributed by atoms with Gasteiger partial charge < -0.3 is 10.6 Å². The summed E-state index contributed by atoms with van der Waals surface area (Å²) in [5, 5.41) is 5.64. The highest BCUT2D eigenvalue weighted by molar-refractivity contribution is 5.81. The van der Waals surface area contributed by atoms with E-state index in [1.54, 1.807) is 0 Å².